The van der Waals surface area contributed by atoms with E-state index in [4.69, 9.17) is 11.6 Å². The predicted molar refractivity (Wildman–Crippen MR) is 101 cm³/mol. The van der Waals surface area contributed by atoms with Crippen molar-refractivity contribution in [3.8, 4) is 0 Å². The second kappa shape index (κ2) is 6.39. The van der Waals surface area contributed by atoms with Crippen LogP contribution in [0.2, 0.25) is 5.02 Å². The molecule has 0 amide bonds. The van der Waals surface area contributed by atoms with E-state index in [1.807, 2.05) is 44.2 Å². The molecule has 0 aliphatic heterocycles. The molecule has 0 aliphatic carbocycles. The van der Waals surface area contributed by atoms with Crippen LogP contribution in [0.3, 0.4) is 0 Å². The standard InChI is InChI=1S/C18H16ClNO2S2/c1-10-5-4-6-13(11(10)2)18(3,16(21)22)24-17-20-14-9-12(19)7-8-15(14)23-17/h4-9H,1-3H3,(H,21,22). The molecule has 2 aromatic carbocycles. The lowest BCUT2D eigenvalue weighted by molar-refractivity contribution is -0.139. The van der Waals surface area contributed by atoms with E-state index in [0.717, 1.165) is 31.2 Å². The van der Waals surface area contributed by atoms with Gasteiger partial charge in [-0.15, -0.1) is 11.3 Å². The summed E-state index contributed by atoms with van der Waals surface area (Å²) in [5, 5.41) is 10.5. The third kappa shape index (κ3) is 3.04. The van der Waals surface area contributed by atoms with Crippen LogP contribution >= 0.6 is 34.7 Å². The third-order valence-corrected chi connectivity index (χ3v) is 6.78. The number of hydrogen-bond donors (Lipinski definition) is 1. The van der Waals surface area contributed by atoms with Gasteiger partial charge in [-0.05, 0) is 55.7 Å². The molecule has 0 saturated carbocycles. The monoisotopic (exact) mass is 377 g/mol. The molecule has 1 heterocycles. The molecule has 1 atom stereocenters. The van der Waals surface area contributed by atoms with Gasteiger partial charge in [0.15, 0.2) is 4.34 Å². The van der Waals surface area contributed by atoms with E-state index in [1.165, 1.54) is 23.1 Å². The minimum absolute atomic E-state index is 0.625. The lowest BCUT2D eigenvalue weighted by atomic mass is 9.93. The second-order valence-corrected chi connectivity index (χ2v) is 8.91. The van der Waals surface area contributed by atoms with Crippen molar-refractivity contribution in [2.45, 2.75) is 29.9 Å². The highest BCUT2D eigenvalue weighted by Gasteiger charge is 2.39. The first kappa shape index (κ1) is 17.3. The van der Waals surface area contributed by atoms with Crippen LogP contribution in [0.25, 0.3) is 10.2 Å². The summed E-state index contributed by atoms with van der Waals surface area (Å²) in [4.78, 5) is 16.6. The molecule has 0 spiro atoms. The highest BCUT2D eigenvalue weighted by Crippen LogP contribution is 2.45. The number of halogens is 1. The van der Waals surface area contributed by atoms with Crippen LogP contribution < -0.4 is 0 Å². The van der Waals surface area contributed by atoms with Crippen LogP contribution in [0.15, 0.2) is 40.7 Å². The number of benzene rings is 2. The maximum absolute atomic E-state index is 12.1. The lowest BCUT2D eigenvalue weighted by Gasteiger charge is -2.26. The van der Waals surface area contributed by atoms with E-state index in [9.17, 15) is 9.90 Å². The number of fused-ring (bicyclic) bond motifs is 1. The molecule has 0 aliphatic rings. The van der Waals surface area contributed by atoms with Gasteiger partial charge in [-0.2, -0.15) is 0 Å². The molecule has 3 rings (SSSR count). The van der Waals surface area contributed by atoms with Crippen molar-refractivity contribution in [3.63, 3.8) is 0 Å². The van der Waals surface area contributed by atoms with Crippen molar-refractivity contribution in [1.82, 2.24) is 4.98 Å². The summed E-state index contributed by atoms with van der Waals surface area (Å²) in [6.07, 6.45) is 0. The molecule has 1 N–H and O–H groups in total. The fourth-order valence-electron chi connectivity index (χ4n) is 2.58. The zero-order valence-electron chi connectivity index (χ0n) is 13.5. The predicted octanol–water partition coefficient (Wildman–Crippen LogP) is 5.66. The van der Waals surface area contributed by atoms with Crippen molar-refractivity contribution in [1.29, 1.82) is 0 Å². The summed E-state index contributed by atoms with van der Waals surface area (Å²) in [6.45, 7) is 5.69. The second-order valence-electron chi connectivity index (χ2n) is 5.78. The van der Waals surface area contributed by atoms with E-state index < -0.39 is 10.7 Å². The number of rotatable bonds is 4. The van der Waals surface area contributed by atoms with E-state index in [0.29, 0.717) is 5.02 Å². The van der Waals surface area contributed by atoms with Crippen molar-refractivity contribution < 1.29 is 9.90 Å². The molecule has 3 aromatic rings. The zero-order chi connectivity index (χ0) is 17.5. The molecule has 0 bridgehead atoms. The Labute approximate surface area is 153 Å². The number of nitrogens with zero attached hydrogens (tertiary/aromatic N) is 1. The van der Waals surface area contributed by atoms with Gasteiger partial charge in [0.2, 0.25) is 0 Å². The first-order chi connectivity index (χ1) is 11.3. The molecule has 1 unspecified atom stereocenters. The molecule has 6 heteroatoms. The number of hydrogen-bond acceptors (Lipinski definition) is 4. The first-order valence-electron chi connectivity index (χ1n) is 7.36. The van der Waals surface area contributed by atoms with Crippen LogP contribution in [-0.2, 0) is 9.54 Å². The zero-order valence-corrected chi connectivity index (χ0v) is 15.9. The molecule has 1 aromatic heterocycles. The number of aliphatic carboxylic acids is 1. The Balaban J connectivity index is 2.07. The Morgan fingerprint density at radius 3 is 2.75 bits per heavy atom. The van der Waals surface area contributed by atoms with Gasteiger partial charge >= 0.3 is 5.97 Å². The number of carbonyl (C=O) groups is 1. The molecular formula is C18H16ClNO2S2. The molecule has 0 radical (unpaired) electrons. The fourth-order valence-corrected chi connectivity index (χ4v) is 5.27. The van der Waals surface area contributed by atoms with Crippen LogP contribution in [0.1, 0.15) is 23.6 Å². The average Bonchev–Trinajstić information content (AvgIpc) is 2.90. The number of aromatic nitrogens is 1. The largest absolute Gasteiger partial charge is 0.480 e. The van der Waals surface area contributed by atoms with Crippen molar-refractivity contribution in [3.05, 3.63) is 58.1 Å². The van der Waals surface area contributed by atoms with E-state index in [2.05, 4.69) is 4.98 Å². The first-order valence-corrected chi connectivity index (χ1v) is 9.37. The topological polar surface area (TPSA) is 50.2 Å². The van der Waals surface area contributed by atoms with Gasteiger partial charge in [0, 0.05) is 5.02 Å². The molecule has 0 fully saturated rings. The number of aryl methyl sites for hydroxylation is 1. The highest BCUT2D eigenvalue weighted by atomic mass is 35.5. The highest BCUT2D eigenvalue weighted by molar-refractivity contribution is 8.02. The molecule has 3 nitrogen and oxygen atoms in total. The van der Waals surface area contributed by atoms with Crippen molar-refractivity contribution in [2.75, 3.05) is 0 Å². The fraction of sp³-hybridized carbons (Fsp3) is 0.222. The summed E-state index contributed by atoms with van der Waals surface area (Å²) in [7, 11) is 0. The Hall–Kier alpha value is -1.56. The van der Waals surface area contributed by atoms with Gasteiger partial charge in [0.05, 0.1) is 10.2 Å². The molecule has 124 valence electrons. The Morgan fingerprint density at radius 1 is 1.29 bits per heavy atom. The summed E-state index contributed by atoms with van der Waals surface area (Å²) in [5.74, 6) is -0.876. The molecular weight excluding hydrogens is 362 g/mol. The summed E-state index contributed by atoms with van der Waals surface area (Å²) >= 11 is 8.77. The number of carboxylic acid groups (broad SMARTS) is 1. The average molecular weight is 378 g/mol. The summed E-state index contributed by atoms with van der Waals surface area (Å²) < 4.78 is 0.613. The van der Waals surface area contributed by atoms with E-state index in [1.54, 1.807) is 13.0 Å². The molecule has 24 heavy (non-hydrogen) atoms. The number of thiazole rings is 1. The van der Waals surface area contributed by atoms with E-state index >= 15 is 0 Å². The molecule has 0 saturated heterocycles. The van der Waals surface area contributed by atoms with Gasteiger partial charge < -0.3 is 5.11 Å². The smallest absolute Gasteiger partial charge is 0.324 e. The van der Waals surface area contributed by atoms with Gasteiger partial charge in [-0.3, -0.25) is 4.79 Å². The number of carboxylic acids is 1. The van der Waals surface area contributed by atoms with Gasteiger partial charge in [0.25, 0.3) is 0 Å². The van der Waals surface area contributed by atoms with Crippen LogP contribution in [-0.4, -0.2) is 16.1 Å². The minimum Gasteiger partial charge on any atom is -0.480 e. The number of thioether (sulfide) groups is 1. The van der Waals surface area contributed by atoms with Gasteiger partial charge in [-0.25, -0.2) is 4.98 Å². The van der Waals surface area contributed by atoms with Crippen molar-refractivity contribution >= 4 is 50.9 Å². The van der Waals surface area contributed by atoms with Crippen molar-refractivity contribution in [2.24, 2.45) is 0 Å². The van der Waals surface area contributed by atoms with Gasteiger partial charge in [0.1, 0.15) is 4.75 Å². The summed E-state index contributed by atoms with van der Waals surface area (Å²) in [6, 6.07) is 11.3. The minimum atomic E-state index is -1.10. The van der Waals surface area contributed by atoms with Gasteiger partial charge in [-0.1, -0.05) is 41.6 Å². The van der Waals surface area contributed by atoms with Crippen LogP contribution in [0, 0.1) is 13.8 Å². The SMILES string of the molecule is Cc1cccc(C(C)(Sc2nc3cc(Cl)ccc3s2)C(=O)O)c1C. The van der Waals surface area contributed by atoms with E-state index in [-0.39, 0.29) is 0 Å². The lowest BCUT2D eigenvalue weighted by Crippen LogP contribution is -2.29. The Morgan fingerprint density at radius 2 is 2.04 bits per heavy atom. The van der Waals surface area contributed by atoms with Crippen LogP contribution in [0.5, 0.6) is 0 Å². The summed E-state index contributed by atoms with van der Waals surface area (Å²) in [5.41, 5.74) is 3.68. The Kier molecular flexibility index (Phi) is 4.60. The van der Waals surface area contributed by atoms with Crippen LogP contribution in [0.4, 0.5) is 0 Å². The third-order valence-electron chi connectivity index (χ3n) is 4.15. The Bertz CT molecular complexity index is 938. The normalized spacial score (nSPS) is 13.8. The maximum atomic E-state index is 12.1. The quantitative estimate of drug-likeness (QED) is 0.596. The maximum Gasteiger partial charge on any atom is 0.324 e.